The summed E-state index contributed by atoms with van der Waals surface area (Å²) < 4.78 is 5.67. The molecule has 1 atom stereocenters. The van der Waals surface area contributed by atoms with Crippen LogP contribution in [0.2, 0.25) is 0 Å². The highest BCUT2D eigenvalue weighted by molar-refractivity contribution is 6.17. The fourth-order valence-corrected chi connectivity index (χ4v) is 2.39. The maximum absolute atomic E-state index is 5.98. The van der Waals surface area contributed by atoms with Gasteiger partial charge in [0.25, 0.3) is 0 Å². The highest BCUT2D eigenvalue weighted by Gasteiger charge is 2.17. The molecule has 1 aromatic heterocycles. The third-order valence-corrected chi connectivity index (χ3v) is 3.32. The Kier molecular flexibility index (Phi) is 4.24. The van der Waals surface area contributed by atoms with Crippen molar-refractivity contribution in [3.63, 3.8) is 0 Å². The maximum atomic E-state index is 5.98. The Balaban J connectivity index is 2.27. The Labute approximate surface area is 108 Å². The Hall–Kier alpha value is -0.800. The van der Waals surface area contributed by atoms with Gasteiger partial charge in [-0.2, -0.15) is 0 Å². The molecule has 1 saturated heterocycles. The quantitative estimate of drug-likeness (QED) is 0.759. The monoisotopic (exact) mass is 254 g/mol. The van der Waals surface area contributed by atoms with Gasteiger partial charge in [-0.1, -0.05) is 0 Å². The maximum Gasteiger partial charge on any atom is 0.0721 e. The first-order valence-electron chi connectivity index (χ1n) is 6.08. The number of alkyl halides is 1. The van der Waals surface area contributed by atoms with Gasteiger partial charge in [0.2, 0.25) is 0 Å². The number of pyridine rings is 1. The van der Waals surface area contributed by atoms with Crippen LogP contribution in [0.4, 0.5) is 5.69 Å². The van der Waals surface area contributed by atoms with E-state index in [1.165, 1.54) is 5.69 Å². The number of nitrogens with zero attached hydrogens (tertiary/aromatic N) is 2. The van der Waals surface area contributed by atoms with E-state index in [-0.39, 0.29) is 6.10 Å². The number of rotatable bonds is 2. The molecule has 17 heavy (non-hydrogen) atoms. The lowest BCUT2D eigenvalue weighted by atomic mass is 10.2. The second kappa shape index (κ2) is 5.69. The van der Waals surface area contributed by atoms with E-state index in [0.717, 1.165) is 37.4 Å². The van der Waals surface area contributed by atoms with Crippen LogP contribution in [0.3, 0.4) is 0 Å². The van der Waals surface area contributed by atoms with Crippen LogP contribution < -0.4 is 4.90 Å². The summed E-state index contributed by atoms with van der Waals surface area (Å²) in [7, 11) is 0. The normalized spacial score (nSPS) is 21.4. The molecule has 0 aliphatic carbocycles. The topological polar surface area (TPSA) is 25.4 Å². The third kappa shape index (κ3) is 3.11. The number of hydrogen-bond acceptors (Lipinski definition) is 3. The zero-order valence-corrected chi connectivity index (χ0v) is 11.2. The number of aromatic nitrogens is 1. The minimum atomic E-state index is 0.272. The molecule has 0 bridgehead atoms. The smallest absolute Gasteiger partial charge is 0.0721 e. The van der Waals surface area contributed by atoms with Crippen molar-refractivity contribution in [1.82, 2.24) is 4.98 Å². The van der Waals surface area contributed by atoms with Gasteiger partial charge in [0.05, 0.1) is 12.0 Å². The molecule has 1 aromatic rings. The van der Waals surface area contributed by atoms with Crippen LogP contribution in [0.5, 0.6) is 0 Å². The summed E-state index contributed by atoms with van der Waals surface area (Å²) in [4.78, 5) is 6.67. The summed E-state index contributed by atoms with van der Waals surface area (Å²) in [6.07, 6.45) is 3.22. The van der Waals surface area contributed by atoms with Crippen molar-refractivity contribution < 1.29 is 4.74 Å². The zero-order valence-electron chi connectivity index (χ0n) is 10.4. The molecule has 0 aromatic carbocycles. The van der Waals surface area contributed by atoms with E-state index in [2.05, 4.69) is 22.9 Å². The molecule has 0 spiro atoms. The van der Waals surface area contributed by atoms with Crippen molar-refractivity contribution in [2.75, 3.05) is 24.6 Å². The largest absolute Gasteiger partial charge is 0.377 e. The van der Waals surface area contributed by atoms with Gasteiger partial charge in [-0.3, -0.25) is 4.98 Å². The molecule has 0 radical (unpaired) electrons. The van der Waals surface area contributed by atoms with E-state index >= 15 is 0 Å². The summed E-state index contributed by atoms with van der Waals surface area (Å²) >= 11 is 5.98. The van der Waals surface area contributed by atoms with Crippen LogP contribution >= 0.6 is 11.6 Å². The van der Waals surface area contributed by atoms with Gasteiger partial charge in [0, 0.05) is 42.8 Å². The van der Waals surface area contributed by atoms with Gasteiger partial charge in [-0.25, -0.2) is 0 Å². The van der Waals surface area contributed by atoms with Crippen LogP contribution in [0, 0.1) is 6.92 Å². The Morgan fingerprint density at radius 2 is 2.41 bits per heavy atom. The SMILES string of the molecule is Cc1cc(N2CCCOC(C)C2)c(CCl)cn1. The number of aryl methyl sites for hydroxylation is 1. The van der Waals surface area contributed by atoms with E-state index in [0.29, 0.717) is 5.88 Å². The number of anilines is 1. The van der Waals surface area contributed by atoms with E-state index < -0.39 is 0 Å². The lowest BCUT2D eigenvalue weighted by Gasteiger charge is -2.26. The van der Waals surface area contributed by atoms with Crippen LogP contribution in [-0.2, 0) is 10.6 Å². The van der Waals surface area contributed by atoms with Gasteiger partial charge in [-0.15, -0.1) is 11.6 Å². The minimum absolute atomic E-state index is 0.272. The first-order valence-corrected chi connectivity index (χ1v) is 6.62. The Morgan fingerprint density at radius 1 is 1.59 bits per heavy atom. The molecule has 1 fully saturated rings. The summed E-state index contributed by atoms with van der Waals surface area (Å²) in [6, 6.07) is 2.12. The molecular formula is C13H19ClN2O. The third-order valence-electron chi connectivity index (χ3n) is 3.04. The van der Waals surface area contributed by atoms with E-state index in [4.69, 9.17) is 16.3 Å². The molecule has 4 heteroatoms. The molecule has 3 nitrogen and oxygen atoms in total. The van der Waals surface area contributed by atoms with Gasteiger partial charge in [0.15, 0.2) is 0 Å². The average Bonchev–Trinajstić information content (AvgIpc) is 2.54. The predicted molar refractivity (Wildman–Crippen MR) is 70.8 cm³/mol. The second-order valence-electron chi connectivity index (χ2n) is 4.57. The van der Waals surface area contributed by atoms with E-state index in [9.17, 15) is 0 Å². The Morgan fingerprint density at radius 3 is 3.18 bits per heavy atom. The molecule has 94 valence electrons. The van der Waals surface area contributed by atoms with Crippen molar-refractivity contribution in [3.8, 4) is 0 Å². The van der Waals surface area contributed by atoms with Crippen LogP contribution in [-0.4, -0.2) is 30.8 Å². The lowest BCUT2D eigenvalue weighted by Crippen LogP contribution is -2.31. The zero-order chi connectivity index (χ0) is 12.3. The highest BCUT2D eigenvalue weighted by atomic mass is 35.5. The predicted octanol–water partition coefficient (Wildman–Crippen LogP) is 2.74. The van der Waals surface area contributed by atoms with Crippen molar-refractivity contribution in [1.29, 1.82) is 0 Å². The van der Waals surface area contributed by atoms with Crippen molar-refractivity contribution in [3.05, 3.63) is 23.5 Å². The number of halogens is 1. The summed E-state index contributed by atoms with van der Waals surface area (Å²) in [6.45, 7) is 6.93. The summed E-state index contributed by atoms with van der Waals surface area (Å²) in [5, 5.41) is 0. The molecule has 1 aliphatic heterocycles. The molecule has 0 amide bonds. The fraction of sp³-hybridized carbons (Fsp3) is 0.615. The van der Waals surface area contributed by atoms with Crippen molar-refractivity contribution in [2.24, 2.45) is 0 Å². The summed E-state index contributed by atoms with van der Waals surface area (Å²) in [5.41, 5.74) is 3.35. The molecule has 0 saturated carbocycles. The number of hydrogen-bond donors (Lipinski definition) is 0. The van der Waals surface area contributed by atoms with Crippen molar-refractivity contribution in [2.45, 2.75) is 32.3 Å². The van der Waals surface area contributed by atoms with Crippen molar-refractivity contribution >= 4 is 17.3 Å². The second-order valence-corrected chi connectivity index (χ2v) is 4.84. The summed E-state index contributed by atoms with van der Waals surface area (Å²) in [5.74, 6) is 0.508. The van der Waals surface area contributed by atoms with E-state index in [1.54, 1.807) is 0 Å². The first-order chi connectivity index (χ1) is 8.20. The Bertz CT molecular complexity index is 384. The standard InChI is InChI=1S/C13H19ClN2O/c1-10-6-13(12(7-14)8-15-10)16-4-3-5-17-11(2)9-16/h6,8,11H,3-5,7,9H2,1-2H3. The molecular weight excluding hydrogens is 236 g/mol. The lowest BCUT2D eigenvalue weighted by molar-refractivity contribution is 0.0821. The van der Waals surface area contributed by atoms with Crippen LogP contribution in [0.25, 0.3) is 0 Å². The van der Waals surface area contributed by atoms with Gasteiger partial charge < -0.3 is 9.64 Å². The van der Waals surface area contributed by atoms with Gasteiger partial charge in [0.1, 0.15) is 0 Å². The molecule has 0 N–H and O–H groups in total. The average molecular weight is 255 g/mol. The van der Waals surface area contributed by atoms with Gasteiger partial charge >= 0.3 is 0 Å². The molecule has 2 heterocycles. The number of ether oxygens (including phenoxy) is 1. The molecule has 1 unspecified atom stereocenters. The molecule has 2 rings (SSSR count). The van der Waals surface area contributed by atoms with Gasteiger partial charge in [-0.05, 0) is 26.3 Å². The van der Waals surface area contributed by atoms with Crippen LogP contribution in [0.1, 0.15) is 24.6 Å². The van der Waals surface area contributed by atoms with Crippen LogP contribution in [0.15, 0.2) is 12.3 Å². The fourth-order valence-electron chi connectivity index (χ4n) is 2.18. The minimum Gasteiger partial charge on any atom is -0.377 e. The first kappa shape index (κ1) is 12.7. The van der Waals surface area contributed by atoms with E-state index in [1.807, 2.05) is 13.1 Å². The highest BCUT2D eigenvalue weighted by Crippen LogP contribution is 2.24. The molecule has 1 aliphatic rings.